The second-order valence-corrected chi connectivity index (χ2v) is 3.35. The topological polar surface area (TPSA) is 84.9 Å². The van der Waals surface area contributed by atoms with E-state index >= 15 is 0 Å². The summed E-state index contributed by atoms with van der Waals surface area (Å²) in [5, 5.41) is 11.0. The van der Waals surface area contributed by atoms with Crippen LogP contribution in [0.2, 0.25) is 0 Å². The Bertz CT molecular complexity index is 515. The van der Waals surface area contributed by atoms with Crippen molar-refractivity contribution in [3.8, 4) is 5.75 Å². The number of halogens is 1. The lowest BCUT2D eigenvalue weighted by molar-refractivity contribution is 0.0691. The summed E-state index contributed by atoms with van der Waals surface area (Å²) in [6, 6.07) is 1.82. The van der Waals surface area contributed by atoms with Crippen LogP contribution in [0.15, 0.2) is 24.8 Å². The summed E-state index contributed by atoms with van der Waals surface area (Å²) in [6.07, 6.45) is 0.533. The minimum Gasteiger partial charge on any atom is -0.495 e. The number of ether oxygens (including phenoxy) is 2. The molecule has 0 saturated heterocycles. The average Bonchev–Trinajstić information content (AvgIpc) is 2.36. The molecule has 6 nitrogen and oxygen atoms in total. The number of carboxylic acid groups (broad SMARTS) is 1. The van der Waals surface area contributed by atoms with Gasteiger partial charge in [-0.2, -0.15) is 0 Å². The number of benzene rings is 1. The van der Waals surface area contributed by atoms with Crippen molar-refractivity contribution in [2.75, 3.05) is 19.0 Å². The summed E-state index contributed by atoms with van der Waals surface area (Å²) < 4.78 is 23.0. The third-order valence-corrected chi connectivity index (χ3v) is 2.09. The second-order valence-electron chi connectivity index (χ2n) is 3.35. The summed E-state index contributed by atoms with van der Waals surface area (Å²) >= 11 is 0. The molecule has 0 saturated carbocycles. The van der Waals surface area contributed by atoms with Crippen LogP contribution >= 0.6 is 0 Å². The fraction of sp³-hybridized carbons (Fsp3) is 0.167. The van der Waals surface area contributed by atoms with Crippen molar-refractivity contribution in [2.24, 2.45) is 0 Å². The molecule has 1 rings (SSSR count). The molecular weight excluding hydrogens is 257 g/mol. The number of rotatable bonds is 5. The van der Waals surface area contributed by atoms with E-state index in [2.05, 4.69) is 16.6 Å². The molecule has 0 bridgehead atoms. The van der Waals surface area contributed by atoms with Gasteiger partial charge in [-0.25, -0.2) is 14.0 Å². The van der Waals surface area contributed by atoms with Crippen LogP contribution in [0.4, 0.5) is 14.9 Å². The minimum absolute atomic E-state index is 0.00866. The van der Waals surface area contributed by atoms with Crippen molar-refractivity contribution >= 4 is 17.7 Å². The van der Waals surface area contributed by atoms with Gasteiger partial charge < -0.3 is 14.6 Å². The van der Waals surface area contributed by atoms with E-state index in [-0.39, 0.29) is 18.0 Å². The van der Waals surface area contributed by atoms with Crippen LogP contribution in [0.3, 0.4) is 0 Å². The number of anilines is 1. The van der Waals surface area contributed by atoms with E-state index in [4.69, 9.17) is 9.84 Å². The zero-order valence-electron chi connectivity index (χ0n) is 10.1. The standard InChI is InChI=1S/C12H12FNO5/c1-3-4-19-12(17)14-9-6-8(13)7(11(15)16)5-10(9)18-2/h3,5-6H,1,4H2,2H3,(H,14,17)(H,15,16). The lowest BCUT2D eigenvalue weighted by Crippen LogP contribution is -2.15. The number of hydrogen-bond acceptors (Lipinski definition) is 4. The molecule has 0 unspecified atom stereocenters. The highest BCUT2D eigenvalue weighted by Gasteiger charge is 2.17. The third kappa shape index (κ3) is 3.70. The van der Waals surface area contributed by atoms with Crippen LogP contribution in [0.25, 0.3) is 0 Å². The van der Waals surface area contributed by atoms with Crippen molar-refractivity contribution in [1.29, 1.82) is 0 Å². The van der Waals surface area contributed by atoms with Gasteiger partial charge in [-0.3, -0.25) is 5.32 Å². The molecule has 0 atom stereocenters. The lowest BCUT2D eigenvalue weighted by atomic mass is 10.1. The Morgan fingerprint density at radius 2 is 2.21 bits per heavy atom. The molecule has 0 aliphatic heterocycles. The molecule has 1 amide bonds. The largest absolute Gasteiger partial charge is 0.495 e. The van der Waals surface area contributed by atoms with Crippen LogP contribution in [-0.2, 0) is 4.74 Å². The first-order valence-electron chi connectivity index (χ1n) is 5.15. The molecule has 0 spiro atoms. The average molecular weight is 269 g/mol. The SMILES string of the molecule is C=CCOC(=O)Nc1cc(F)c(C(=O)O)cc1OC. The Balaban J connectivity index is 3.01. The first-order valence-corrected chi connectivity index (χ1v) is 5.15. The quantitative estimate of drug-likeness (QED) is 0.801. The molecule has 19 heavy (non-hydrogen) atoms. The first-order chi connectivity index (χ1) is 8.99. The Labute approximate surface area is 108 Å². The highest BCUT2D eigenvalue weighted by Crippen LogP contribution is 2.28. The van der Waals surface area contributed by atoms with E-state index in [1.165, 1.54) is 13.2 Å². The zero-order chi connectivity index (χ0) is 14.4. The van der Waals surface area contributed by atoms with Crippen molar-refractivity contribution in [1.82, 2.24) is 0 Å². The van der Waals surface area contributed by atoms with E-state index in [9.17, 15) is 14.0 Å². The van der Waals surface area contributed by atoms with Crippen molar-refractivity contribution in [3.05, 3.63) is 36.2 Å². The molecule has 102 valence electrons. The molecule has 7 heteroatoms. The minimum atomic E-state index is -1.43. The van der Waals surface area contributed by atoms with Gasteiger partial charge in [0.1, 0.15) is 18.2 Å². The molecule has 2 N–H and O–H groups in total. The fourth-order valence-corrected chi connectivity index (χ4v) is 1.26. The molecule has 0 aliphatic carbocycles. The maximum Gasteiger partial charge on any atom is 0.412 e. The Morgan fingerprint density at radius 3 is 2.74 bits per heavy atom. The number of hydrogen-bond donors (Lipinski definition) is 2. The predicted molar refractivity (Wildman–Crippen MR) is 65.1 cm³/mol. The monoisotopic (exact) mass is 269 g/mol. The summed E-state index contributed by atoms with van der Waals surface area (Å²) in [6.45, 7) is 3.35. The van der Waals surface area contributed by atoms with Crippen molar-refractivity contribution < 1.29 is 28.6 Å². The number of amides is 1. The molecule has 0 aromatic heterocycles. The Hall–Kier alpha value is -2.57. The third-order valence-electron chi connectivity index (χ3n) is 2.09. The van der Waals surface area contributed by atoms with Gasteiger partial charge in [-0.05, 0) is 6.07 Å². The number of carboxylic acids is 1. The van der Waals surface area contributed by atoms with Gasteiger partial charge in [0.2, 0.25) is 0 Å². The van der Waals surface area contributed by atoms with Crippen LogP contribution in [0.5, 0.6) is 5.75 Å². The normalized spacial score (nSPS) is 9.58. The van der Waals surface area contributed by atoms with Gasteiger partial charge >= 0.3 is 12.1 Å². The molecule has 1 aromatic carbocycles. The van der Waals surface area contributed by atoms with Crippen LogP contribution in [-0.4, -0.2) is 30.9 Å². The Kier molecular flexibility index (Phi) is 4.87. The summed E-state index contributed by atoms with van der Waals surface area (Å²) in [4.78, 5) is 22.0. The van der Waals surface area contributed by atoms with Crippen molar-refractivity contribution in [3.63, 3.8) is 0 Å². The maximum absolute atomic E-state index is 13.5. The van der Waals surface area contributed by atoms with Crippen LogP contribution in [0, 0.1) is 5.82 Å². The molecule has 0 aliphatic rings. The number of nitrogens with one attached hydrogen (secondary N) is 1. The fourth-order valence-electron chi connectivity index (χ4n) is 1.26. The van der Waals surface area contributed by atoms with Crippen molar-refractivity contribution in [2.45, 2.75) is 0 Å². The van der Waals surface area contributed by atoms with Crippen LogP contribution < -0.4 is 10.1 Å². The molecular formula is C12H12FNO5. The van der Waals surface area contributed by atoms with Gasteiger partial charge in [-0.15, -0.1) is 0 Å². The predicted octanol–water partition coefficient (Wildman–Crippen LogP) is 2.27. The number of methoxy groups -OCH3 is 1. The van der Waals surface area contributed by atoms with Gasteiger partial charge in [-0.1, -0.05) is 12.7 Å². The van der Waals surface area contributed by atoms with E-state index in [0.717, 1.165) is 12.1 Å². The van der Waals surface area contributed by atoms with Gasteiger partial charge in [0.05, 0.1) is 18.4 Å². The number of carbonyl (C=O) groups is 2. The Morgan fingerprint density at radius 1 is 1.53 bits per heavy atom. The molecule has 0 fully saturated rings. The van der Waals surface area contributed by atoms with Gasteiger partial charge in [0, 0.05) is 6.07 Å². The number of aromatic carboxylic acids is 1. The zero-order valence-corrected chi connectivity index (χ0v) is 10.1. The van der Waals surface area contributed by atoms with E-state index in [1.807, 2.05) is 0 Å². The molecule has 0 heterocycles. The van der Waals surface area contributed by atoms with E-state index in [0.29, 0.717) is 0 Å². The smallest absolute Gasteiger partial charge is 0.412 e. The summed E-state index contributed by atoms with van der Waals surface area (Å²) in [7, 11) is 1.26. The molecule has 1 aromatic rings. The second kappa shape index (κ2) is 6.39. The van der Waals surface area contributed by atoms with Gasteiger partial charge in [0.25, 0.3) is 0 Å². The highest BCUT2D eigenvalue weighted by atomic mass is 19.1. The van der Waals surface area contributed by atoms with Gasteiger partial charge in [0.15, 0.2) is 0 Å². The van der Waals surface area contributed by atoms with E-state index < -0.39 is 23.4 Å². The maximum atomic E-state index is 13.5. The highest BCUT2D eigenvalue weighted by molar-refractivity contribution is 5.92. The first kappa shape index (κ1) is 14.5. The van der Waals surface area contributed by atoms with Crippen LogP contribution in [0.1, 0.15) is 10.4 Å². The number of carbonyl (C=O) groups excluding carboxylic acids is 1. The van der Waals surface area contributed by atoms with E-state index in [1.54, 1.807) is 0 Å². The molecule has 0 radical (unpaired) electrons. The summed E-state index contributed by atoms with van der Waals surface area (Å²) in [5.41, 5.74) is -0.582. The summed E-state index contributed by atoms with van der Waals surface area (Å²) in [5.74, 6) is -2.42. The lowest BCUT2D eigenvalue weighted by Gasteiger charge is -2.11.